The molecule has 0 amide bonds. The molecule has 1 aromatic rings. The summed E-state index contributed by atoms with van der Waals surface area (Å²) in [5.74, 6) is 0.939. The van der Waals surface area contributed by atoms with Crippen molar-refractivity contribution < 1.29 is 0 Å². The average Bonchev–Trinajstić information content (AvgIpc) is 2.41. The monoisotopic (exact) mass is 263 g/mol. The third kappa shape index (κ3) is 7.04. The lowest BCUT2D eigenvalue weighted by Gasteiger charge is -2.07. The molecule has 0 saturated carbocycles. The highest BCUT2D eigenvalue weighted by Crippen LogP contribution is 2.13. The van der Waals surface area contributed by atoms with E-state index in [0.29, 0.717) is 0 Å². The van der Waals surface area contributed by atoms with E-state index in [9.17, 15) is 0 Å². The van der Waals surface area contributed by atoms with E-state index in [1.54, 1.807) is 6.20 Å². The summed E-state index contributed by atoms with van der Waals surface area (Å²) < 4.78 is 0. The fourth-order valence-corrected chi connectivity index (χ4v) is 2.14. The molecule has 0 spiro atoms. The molecule has 0 bridgehead atoms. The number of aryl methyl sites for hydroxylation is 1. The van der Waals surface area contributed by atoms with Crippen LogP contribution in [-0.4, -0.2) is 11.5 Å². The molecule has 0 aliphatic heterocycles. The van der Waals surface area contributed by atoms with Gasteiger partial charge >= 0.3 is 0 Å². The number of hydrogen-bond acceptors (Lipinski definition) is 3. The highest BCUT2D eigenvalue weighted by Gasteiger charge is 1.97. The van der Waals surface area contributed by atoms with Gasteiger partial charge in [-0.1, -0.05) is 51.9 Å². The Morgan fingerprint density at radius 3 is 2.32 bits per heavy atom. The smallest absolute Gasteiger partial charge is 0.126 e. The van der Waals surface area contributed by atoms with Crippen LogP contribution >= 0.6 is 0 Å². The molecular weight excluding hydrogens is 234 g/mol. The van der Waals surface area contributed by atoms with Crippen LogP contribution in [-0.2, 0) is 0 Å². The number of hydrogen-bond donors (Lipinski definition) is 2. The molecular formula is C16H29N3. The minimum absolute atomic E-state index is 0.762. The van der Waals surface area contributed by atoms with Crippen molar-refractivity contribution in [3.8, 4) is 0 Å². The Morgan fingerprint density at radius 1 is 1.05 bits per heavy atom. The summed E-state index contributed by atoms with van der Waals surface area (Å²) in [4.78, 5) is 4.27. The van der Waals surface area contributed by atoms with Crippen LogP contribution in [0.25, 0.3) is 0 Å². The number of nitrogens with two attached hydrogens (primary N) is 1. The highest BCUT2D eigenvalue weighted by atomic mass is 15.0. The Labute approximate surface area is 118 Å². The number of unbranched alkanes of at least 4 members (excludes halogenated alkanes) is 7. The van der Waals surface area contributed by atoms with E-state index in [0.717, 1.165) is 23.6 Å². The molecule has 3 nitrogen and oxygen atoms in total. The Morgan fingerprint density at radius 2 is 1.68 bits per heavy atom. The Kier molecular flexibility index (Phi) is 8.03. The first kappa shape index (κ1) is 15.8. The largest absolute Gasteiger partial charge is 0.397 e. The summed E-state index contributed by atoms with van der Waals surface area (Å²) in [6, 6.07) is 2.01. The van der Waals surface area contributed by atoms with Gasteiger partial charge in [-0.25, -0.2) is 4.98 Å². The van der Waals surface area contributed by atoms with E-state index in [1.165, 1.54) is 51.4 Å². The van der Waals surface area contributed by atoms with Gasteiger partial charge in [0, 0.05) is 6.54 Å². The maximum atomic E-state index is 5.74. The van der Waals surface area contributed by atoms with Crippen molar-refractivity contribution in [1.29, 1.82) is 0 Å². The lowest BCUT2D eigenvalue weighted by molar-refractivity contribution is 0.581. The maximum absolute atomic E-state index is 5.74. The molecule has 0 unspecified atom stereocenters. The molecule has 1 rings (SSSR count). The molecule has 0 fully saturated rings. The van der Waals surface area contributed by atoms with Crippen molar-refractivity contribution in [1.82, 2.24) is 4.98 Å². The standard InChI is InChI=1S/C16H29N3/c1-3-4-5-6-7-8-9-10-11-18-16-12-14(2)15(17)13-19-16/h12-13H,3-11,17H2,1-2H3,(H,18,19). The van der Waals surface area contributed by atoms with Crippen molar-refractivity contribution in [2.75, 3.05) is 17.6 Å². The van der Waals surface area contributed by atoms with Crippen LogP contribution in [0.15, 0.2) is 12.3 Å². The quantitative estimate of drug-likeness (QED) is 0.610. The molecule has 108 valence electrons. The summed E-state index contributed by atoms with van der Waals surface area (Å²) in [6.07, 6.45) is 12.5. The zero-order valence-electron chi connectivity index (χ0n) is 12.5. The molecule has 1 aromatic heterocycles. The Balaban J connectivity index is 2.00. The number of nitrogens with zero attached hydrogens (tertiary/aromatic N) is 1. The van der Waals surface area contributed by atoms with E-state index < -0.39 is 0 Å². The van der Waals surface area contributed by atoms with Gasteiger partial charge in [0.2, 0.25) is 0 Å². The number of aromatic nitrogens is 1. The second-order valence-electron chi connectivity index (χ2n) is 5.33. The molecule has 0 radical (unpaired) electrons. The zero-order chi connectivity index (χ0) is 13.9. The topological polar surface area (TPSA) is 50.9 Å². The zero-order valence-corrected chi connectivity index (χ0v) is 12.5. The van der Waals surface area contributed by atoms with Gasteiger partial charge in [0.05, 0.1) is 11.9 Å². The summed E-state index contributed by atoms with van der Waals surface area (Å²) in [7, 11) is 0. The highest BCUT2D eigenvalue weighted by molar-refractivity contribution is 5.50. The first-order valence-corrected chi connectivity index (χ1v) is 7.70. The van der Waals surface area contributed by atoms with E-state index in [2.05, 4.69) is 17.2 Å². The fraction of sp³-hybridized carbons (Fsp3) is 0.688. The van der Waals surface area contributed by atoms with Crippen molar-refractivity contribution in [3.63, 3.8) is 0 Å². The van der Waals surface area contributed by atoms with E-state index in [4.69, 9.17) is 5.73 Å². The van der Waals surface area contributed by atoms with Crippen molar-refractivity contribution in [2.45, 2.75) is 65.2 Å². The lowest BCUT2D eigenvalue weighted by atomic mass is 10.1. The number of nitrogen functional groups attached to an aromatic ring is 1. The van der Waals surface area contributed by atoms with Crippen molar-refractivity contribution in [2.24, 2.45) is 0 Å². The first-order chi connectivity index (χ1) is 9.24. The molecule has 0 saturated heterocycles. The van der Waals surface area contributed by atoms with Gasteiger partial charge < -0.3 is 11.1 Å². The van der Waals surface area contributed by atoms with Gasteiger partial charge in [0.15, 0.2) is 0 Å². The van der Waals surface area contributed by atoms with Crippen molar-refractivity contribution >= 4 is 11.5 Å². The van der Waals surface area contributed by atoms with Crippen molar-refractivity contribution in [3.05, 3.63) is 17.8 Å². The second kappa shape index (κ2) is 9.65. The van der Waals surface area contributed by atoms with Gasteiger partial charge in [0.25, 0.3) is 0 Å². The van der Waals surface area contributed by atoms with Gasteiger partial charge in [-0.2, -0.15) is 0 Å². The number of rotatable bonds is 10. The maximum Gasteiger partial charge on any atom is 0.126 e. The summed E-state index contributed by atoms with van der Waals surface area (Å²) in [5.41, 5.74) is 7.60. The van der Waals surface area contributed by atoms with Crippen LogP contribution in [0.4, 0.5) is 11.5 Å². The molecule has 0 aliphatic rings. The predicted octanol–water partition coefficient (Wildman–Crippen LogP) is 4.52. The third-order valence-electron chi connectivity index (χ3n) is 3.49. The normalized spacial score (nSPS) is 10.6. The molecule has 0 aromatic carbocycles. The number of pyridine rings is 1. The Hall–Kier alpha value is -1.25. The van der Waals surface area contributed by atoms with Crippen LogP contribution in [0.5, 0.6) is 0 Å². The molecule has 0 atom stereocenters. The summed E-state index contributed by atoms with van der Waals surface area (Å²) in [6.45, 7) is 5.28. The molecule has 0 aliphatic carbocycles. The summed E-state index contributed by atoms with van der Waals surface area (Å²) >= 11 is 0. The molecule has 19 heavy (non-hydrogen) atoms. The predicted molar refractivity (Wildman–Crippen MR) is 84.5 cm³/mol. The van der Waals surface area contributed by atoms with E-state index in [1.807, 2.05) is 13.0 Å². The molecule has 3 heteroatoms. The molecule has 1 heterocycles. The summed E-state index contributed by atoms with van der Waals surface area (Å²) in [5, 5.41) is 3.36. The minimum atomic E-state index is 0.762. The Bertz CT molecular complexity index is 350. The van der Waals surface area contributed by atoms with E-state index >= 15 is 0 Å². The van der Waals surface area contributed by atoms with E-state index in [-0.39, 0.29) is 0 Å². The third-order valence-corrected chi connectivity index (χ3v) is 3.49. The van der Waals surface area contributed by atoms with Gasteiger partial charge in [-0.3, -0.25) is 0 Å². The molecule has 3 N–H and O–H groups in total. The first-order valence-electron chi connectivity index (χ1n) is 7.70. The van der Waals surface area contributed by atoms with Crippen LogP contribution < -0.4 is 11.1 Å². The van der Waals surface area contributed by atoms with Crippen LogP contribution in [0.3, 0.4) is 0 Å². The lowest BCUT2D eigenvalue weighted by Crippen LogP contribution is -2.04. The fourth-order valence-electron chi connectivity index (χ4n) is 2.14. The number of nitrogens with one attached hydrogen (secondary N) is 1. The van der Waals surface area contributed by atoms with Crippen LogP contribution in [0.2, 0.25) is 0 Å². The number of anilines is 2. The SMILES string of the molecule is CCCCCCCCCCNc1cc(C)c(N)cn1. The van der Waals surface area contributed by atoms with Crippen LogP contribution in [0.1, 0.15) is 63.9 Å². The van der Waals surface area contributed by atoms with Gasteiger partial charge in [0.1, 0.15) is 5.82 Å². The van der Waals surface area contributed by atoms with Crippen LogP contribution in [0, 0.1) is 6.92 Å². The van der Waals surface area contributed by atoms with Gasteiger partial charge in [-0.05, 0) is 25.0 Å². The van der Waals surface area contributed by atoms with Gasteiger partial charge in [-0.15, -0.1) is 0 Å². The average molecular weight is 263 g/mol. The second-order valence-corrected chi connectivity index (χ2v) is 5.33. The minimum Gasteiger partial charge on any atom is -0.397 e.